The van der Waals surface area contributed by atoms with Gasteiger partial charge in [-0.2, -0.15) is 5.26 Å². The van der Waals surface area contributed by atoms with Gasteiger partial charge in [0, 0.05) is 25.8 Å². The Morgan fingerprint density at radius 1 is 1.31 bits per heavy atom. The summed E-state index contributed by atoms with van der Waals surface area (Å²) in [4.78, 5) is 14.8. The second-order valence-electron chi connectivity index (χ2n) is 6.74. The van der Waals surface area contributed by atoms with Crippen molar-refractivity contribution >= 4 is 5.91 Å². The quantitative estimate of drug-likeness (QED) is 0.349. The minimum Gasteiger partial charge on any atom is -0.493 e. The van der Waals surface area contributed by atoms with E-state index in [1.807, 2.05) is 25.1 Å². The predicted octanol–water partition coefficient (Wildman–Crippen LogP) is 1.60. The Kier molecular flexibility index (Phi) is 9.28. The molecule has 1 aromatic carbocycles. The molecule has 1 aliphatic rings. The first-order chi connectivity index (χ1) is 14.1. The standard InChI is InChI=1S/C21H30N4O4/c1-16(17-5-6-19(27-2)20(13-17)28-3)24-21(26)18(14-22)15-23-7-4-8-25-9-11-29-12-10-25/h5-6,13,15-16,23H,4,7-12H2,1-3H3,(H,24,26)/b18-15-. The van der Waals surface area contributed by atoms with Crippen LogP contribution in [0.2, 0.25) is 0 Å². The van der Waals surface area contributed by atoms with E-state index in [1.54, 1.807) is 20.3 Å². The van der Waals surface area contributed by atoms with Crippen molar-refractivity contribution in [3.63, 3.8) is 0 Å². The molecule has 1 atom stereocenters. The molecule has 0 spiro atoms. The smallest absolute Gasteiger partial charge is 0.263 e. The lowest BCUT2D eigenvalue weighted by molar-refractivity contribution is -0.117. The van der Waals surface area contributed by atoms with Crippen LogP contribution < -0.4 is 20.1 Å². The molecule has 29 heavy (non-hydrogen) atoms. The fourth-order valence-electron chi connectivity index (χ4n) is 3.03. The van der Waals surface area contributed by atoms with Crippen LogP contribution in [0.25, 0.3) is 0 Å². The number of carbonyl (C=O) groups is 1. The average molecular weight is 402 g/mol. The second kappa shape index (κ2) is 11.9. The van der Waals surface area contributed by atoms with Crippen LogP contribution in [0.4, 0.5) is 0 Å². The third kappa shape index (κ3) is 6.97. The summed E-state index contributed by atoms with van der Waals surface area (Å²) in [6.45, 7) is 6.99. The molecule has 1 saturated heterocycles. The Hall–Kier alpha value is -2.76. The van der Waals surface area contributed by atoms with Gasteiger partial charge in [-0.1, -0.05) is 6.07 Å². The molecule has 0 aliphatic carbocycles. The Balaban J connectivity index is 1.83. The molecule has 1 fully saturated rings. The number of benzene rings is 1. The Morgan fingerprint density at radius 2 is 2.03 bits per heavy atom. The molecule has 1 aliphatic heterocycles. The van der Waals surface area contributed by atoms with E-state index >= 15 is 0 Å². The monoisotopic (exact) mass is 402 g/mol. The molecule has 2 rings (SSSR count). The molecule has 8 nitrogen and oxygen atoms in total. The van der Waals surface area contributed by atoms with E-state index in [1.165, 1.54) is 6.20 Å². The summed E-state index contributed by atoms with van der Waals surface area (Å²) in [5.41, 5.74) is 0.899. The number of hydrogen-bond acceptors (Lipinski definition) is 7. The van der Waals surface area contributed by atoms with Crippen LogP contribution in [0, 0.1) is 11.3 Å². The van der Waals surface area contributed by atoms with E-state index in [4.69, 9.17) is 14.2 Å². The van der Waals surface area contributed by atoms with Gasteiger partial charge in [0.15, 0.2) is 11.5 Å². The summed E-state index contributed by atoms with van der Waals surface area (Å²) in [6, 6.07) is 7.11. The maximum absolute atomic E-state index is 12.4. The molecular weight excluding hydrogens is 372 g/mol. The summed E-state index contributed by atoms with van der Waals surface area (Å²) in [6.07, 6.45) is 2.41. The number of rotatable bonds is 10. The highest BCUT2D eigenvalue weighted by molar-refractivity contribution is 5.97. The lowest BCUT2D eigenvalue weighted by Crippen LogP contribution is -2.37. The van der Waals surface area contributed by atoms with Crippen LogP contribution in [-0.2, 0) is 9.53 Å². The lowest BCUT2D eigenvalue weighted by Gasteiger charge is -2.26. The van der Waals surface area contributed by atoms with Gasteiger partial charge in [-0.3, -0.25) is 9.69 Å². The number of amides is 1. The molecule has 0 aromatic heterocycles. The first kappa shape index (κ1) is 22.5. The van der Waals surface area contributed by atoms with Crippen LogP contribution >= 0.6 is 0 Å². The van der Waals surface area contributed by atoms with Crippen molar-refractivity contribution in [1.29, 1.82) is 5.26 Å². The van der Waals surface area contributed by atoms with E-state index in [0.717, 1.165) is 44.8 Å². The van der Waals surface area contributed by atoms with Gasteiger partial charge in [-0.15, -0.1) is 0 Å². The van der Waals surface area contributed by atoms with Gasteiger partial charge in [0.05, 0.1) is 33.5 Å². The molecule has 8 heteroatoms. The van der Waals surface area contributed by atoms with Crippen molar-refractivity contribution in [3.05, 3.63) is 35.5 Å². The lowest BCUT2D eigenvalue weighted by atomic mass is 10.1. The first-order valence-electron chi connectivity index (χ1n) is 9.75. The minimum absolute atomic E-state index is 0.0451. The first-order valence-corrected chi connectivity index (χ1v) is 9.75. The SMILES string of the molecule is COc1ccc(C(C)NC(=O)/C(C#N)=C\NCCCN2CCOCC2)cc1OC. The molecule has 158 valence electrons. The Labute approximate surface area is 172 Å². The maximum atomic E-state index is 12.4. The molecule has 2 N–H and O–H groups in total. The van der Waals surface area contributed by atoms with Crippen molar-refractivity contribution in [3.8, 4) is 17.6 Å². The van der Waals surface area contributed by atoms with Gasteiger partial charge in [0.25, 0.3) is 5.91 Å². The number of hydrogen-bond donors (Lipinski definition) is 2. The van der Waals surface area contributed by atoms with Gasteiger partial charge < -0.3 is 24.8 Å². The summed E-state index contributed by atoms with van der Waals surface area (Å²) in [7, 11) is 3.13. The highest BCUT2D eigenvalue weighted by Crippen LogP contribution is 2.29. The molecule has 1 heterocycles. The Morgan fingerprint density at radius 3 is 2.69 bits per heavy atom. The summed E-state index contributed by atoms with van der Waals surface area (Å²) in [5, 5.41) is 15.2. The number of nitriles is 1. The van der Waals surface area contributed by atoms with E-state index < -0.39 is 5.91 Å². The molecular formula is C21H30N4O4. The minimum atomic E-state index is -0.421. The van der Waals surface area contributed by atoms with Crippen molar-refractivity contribution in [2.45, 2.75) is 19.4 Å². The van der Waals surface area contributed by atoms with Gasteiger partial charge in [-0.05, 0) is 37.6 Å². The van der Waals surface area contributed by atoms with Crippen LogP contribution in [0.1, 0.15) is 24.9 Å². The molecule has 0 radical (unpaired) electrons. The van der Waals surface area contributed by atoms with E-state index in [0.29, 0.717) is 18.0 Å². The average Bonchev–Trinajstić information content (AvgIpc) is 2.76. The molecule has 1 aromatic rings. The number of ether oxygens (including phenoxy) is 3. The summed E-state index contributed by atoms with van der Waals surface area (Å²) < 4.78 is 15.9. The van der Waals surface area contributed by atoms with Gasteiger partial charge in [-0.25, -0.2) is 0 Å². The maximum Gasteiger partial charge on any atom is 0.263 e. The highest BCUT2D eigenvalue weighted by atomic mass is 16.5. The number of morpholine rings is 1. The second-order valence-corrected chi connectivity index (χ2v) is 6.74. The van der Waals surface area contributed by atoms with Crippen molar-refractivity contribution in [2.75, 3.05) is 53.6 Å². The topological polar surface area (TPSA) is 95.8 Å². The Bertz CT molecular complexity index is 739. The highest BCUT2D eigenvalue weighted by Gasteiger charge is 2.15. The fourth-order valence-corrected chi connectivity index (χ4v) is 3.03. The number of carbonyl (C=O) groups excluding carboxylic acids is 1. The van der Waals surface area contributed by atoms with Crippen molar-refractivity contribution < 1.29 is 19.0 Å². The van der Waals surface area contributed by atoms with Gasteiger partial charge in [0.1, 0.15) is 11.6 Å². The molecule has 0 bridgehead atoms. The van der Waals surface area contributed by atoms with Crippen LogP contribution in [-0.4, -0.2) is 64.4 Å². The van der Waals surface area contributed by atoms with Crippen LogP contribution in [0.5, 0.6) is 11.5 Å². The summed E-state index contributed by atoms with van der Waals surface area (Å²) >= 11 is 0. The van der Waals surface area contributed by atoms with E-state index in [9.17, 15) is 10.1 Å². The third-order valence-corrected chi connectivity index (χ3v) is 4.77. The van der Waals surface area contributed by atoms with E-state index in [2.05, 4.69) is 15.5 Å². The van der Waals surface area contributed by atoms with Crippen LogP contribution in [0.15, 0.2) is 30.0 Å². The number of nitrogens with zero attached hydrogens (tertiary/aromatic N) is 2. The molecule has 1 amide bonds. The number of methoxy groups -OCH3 is 2. The third-order valence-electron chi connectivity index (χ3n) is 4.77. The zero-order chi connectivity index (χ0) is 21.1. The van der Waals surface area contributed by atoms with Crippen molar-refractivity contribution in [1.82, 2.24) is 15.5 Å². The molecule has 1 unspecified atom stereocenters. The van der Waals surface area contributed by atoms with Gasteiger partial charge >= 0.3 is 0 Å². The van der Waals surface area contributed by atoms with E-state index in [-0.39, 0.29) is 11.6 Å². The predicted molar refractivity (Wildman–Crippen MR) is 110 cm³/mol. The summed E-state index contributed by atoms with van der Waals surface area (Å²) in [5.74, 6) is 0.785. The zero-order valence-corrected chi connectivity index (χ0v) is 17.4. The zero-order valence-electron chi connectivity index (χ0n) is 17.4. The largest absolute Gasteiger partial charge is 0.493 e. The fraction of sp³-hybridized carbons (Fsp3) is 0.524. The van der Waals surface area contributed by atoms with Gasteiger partial charge in [0.2, 0.25) is 0 Å². The normalized spacial score (nSPS) is 15.9. The van der Waals surface area contributed by atoms with Crippen LogP contribution in [0.3, 0.4) is 0 Å². The number of nitrogens with one attached hydrogen (secondary N) is 2. The van der Waals surface area contributed by atoms with Crippen molar-refractivity contribution in [2.24, 2.45) is 0 Å². The molecule has 0 saturated carbocycles.